The molecule has 0 aromatic heterocycles. The van der Waals surface area contributed by atoms with Gasteiger partial charge in [-0.15, -0.1) is 0 Å². The summed E-state index contributed by atoms with van der Waals surface area (Å²) in [6.07, 6.45) is 3.53. The summed E-state index contributed by atoms with van der Waals surface area (Å²) in [6, 6.07) is 17.3. The molecule has 0 amide bonds. The Morgan fingerprint density at radius 3 is 2.32 bits per heavy atom. The summed E-state index contributed by atoms with van der Waals surface area (Å²) in [5.74, 6) is 7.49. The van der Waals surface area contributed by atoms with Gasteiger partial charge in [-0.25, -0.2) is 0 Å². The minimum atomic E-state index is -0.535. The highest BCUT2D eigenvalue weighted by Gasteiger charge is 1.99. The average Bonchev–Trinajstić information content (AvgIpc) is 2.55. The minimum Gasteiger partial charge on any atom is -0.457 e. The van der Waals surface area contributed by atoms with Crippen molar-refractivity contribution in [2.24, 2.45) is 0 Å². The molecule has 2 aromatic rings. The quantitative estimate of drug-likeness (QED) is 0.614. The molecule has 0 saturated heterocycles. The van der Waals surface area contributed by atoms with Gasteiger partial charge in [0, 0.05) is 5.56 Å². The van der Waals surface area contributed by atoms with Crippen molar-refractivity contribution in [2.45, 2.75) is 38.7 Å². The van der Waals surface area contributed by atoms with E-state index in [1.165, 1.54) is 0 Å². The Kier molecular flexibility index (Phi) is 6.54. The Balaban J connectivity index is 1.89. The molecule has 2 aromatic carbocycles. The van der Waals surface area contributed by atoms with Gasteiger partial charge in [0.2, 0.25) is 0 Å². The summed E-state index contributed by atoms with van der Waals surface area (Å²) in [6.45, 7) is 2.15. The van der Waals surface area contributed by atoms with Crippen LogP contribution in [0.3, 0.4) is 0 Å². The minimum absolute atomic E-state index is 0.535. The Labute approximate surface area is 132 Å². The van der Waals surface area contributed by atoms with Crippen LogP contribution >= 0.6 is 0 Å². The standard InChI is InChI=1S/C20H22O2/c1-2-3-5-8-18(21)14-11-17-12-15-20(16-13-17)22-19-9-6-4-7-10-19/h4,6-7,9-10,12-13,15-16,18,21H,2-3,5,8H2,1H3. The number of aliphatic hydroxyl groups is 1. The van der Waals surface area contributed by atoms with E-state index in [0.717, 1.165) is 42.7 Å². The third-order valence-electron chi connectivity index (χ3n) is 3.30. The van der Waals surface area contributed by atoms with Gasteiger partial charge in [-0.05, 0) is 49.2 Å². The second-order valence-electron chi connectivity index (χ2n) is 5.22. The molecule has 2 nitrogen and oxygen atoms in total. The summed E-state index contributed by atoms with van der Waals surface area (Å²) < 4.78 is 5.73. The highest BCUT2D eigenvalue weighted by molar-refractivity contribution is 5.40. The lowest BCUT2D eigenvalue weighted by Crippen LogP contribution is -2.02. The average molecular weight is 294 g/mol. The normalized spacial score (nSPS) is 11.4. The first-order valence-electron chi connectivity index (χ1n) is 7.80. The van der Waals surface area contributed by atoms with E-state index in [0.29, 0.717) is 0 Å². The van der Waals surface area contributed by atoms with Gasteiger partial charge >= 0.3 is 0 Å². The second-order valence-corrected chi connectivity index (χ2v) is 5.22. The molecule has 0 fully saturated rings. The maximum absolute atomic E-state index is 9.79. The van der Waals surface area contributed by atoms with Crippen LogP contribution in [0, 0.1) is 11.8 Å². The molecule has 114 valence electrons. The molecular formula is C20H22O2. The largest absolute Gasteiger partial charge is 0.457 e. The molecule has 0 radical (unpaired) electrons. The summed E-state index contributed by atoms with van der Waals surface area (Å²) in [5, 5.41) is 9.79. The van der Waals surface area contributed by atoms with Gasteiger partial charge in [0.05, 0.1) is 0 Å². The zero-order chi connectivity index (χ0) is 15.6. The van der Waals surface area contributed by atoms with Gasteiger partial charge in [0.15, 0.2) is 0 Å². The van der Waals surface area contributed by atoms with Crippen molar-refractivity contribution in [3.8, 4) is 23.3 Å². The Morgan fingerprint density at radius 2 is 1.64 bits per heavy atom. The van der Waals surface area contributed by atoms with E-state index in [2.05, 4.69) is 18.8 Å². The van der Waals surface area contributed by atoms with Gasteiger partial charge < -0.3 is 9.84 Å². The monoisotopic (exact) mass is 294 g/mol. The predicted octanol–water partition coefficient (Wildman–Crippen LogP) is 4.77. The molecule has 2 rings (SSSR count). The number of ether oxygens (including phenoxy) is 1. The molecule has 0 bridgehead atoms. The van der Waals surface area contributed by atoms with E-state index in [4.69, 9.17) is 4.74 Å². The van der Waals surface area contributed by atoms with E-state index < -0.39 is 6.10 Å². The summed E-state index contributed by atoms with van der Waals surface area (Å²) in [4.78, 5) is 0. The number of para-hydroxylation sites is 1. The van der Waals surface area contributed by atoms with Crippen LogP contribution in [0.2, 0.25) is 0 Å². The number of hydrogen-bond donors (Lipinski definition) is 1. The van der Waals surface area contributed by atoms with Crippen molar-refractivity contribution in [3.05, 3.63) is 60.2 Å². The molecule has 0 aliphatic heterocycles. The van der Waals surface area contributed by atoms with Crippen LogP contribution in [0.4, 0.5) is 0 Å². The fraction of sp³-hybridized carbons (Fsp3) is 0.300. The lowest BCUT2D eigenvalue weighted by atomic mass is 10.1. The molecule has 0 aliphatic carbocycles. The van der Waals surface area contributed by atoms with Crippen LogP contribution in [-0.4, -0.2) is 11.2 Å². The number of benzene rings is 2. The van der Waals surface area contributed by atoms with Crippen LogP contribution in [0.25, 0.3) is 0 Å². The van der Waals surface area contributed by atoms with Crippen LogP contribution in [0.1, 0.15) is 38.2 Å². The fourth-order valence-electron chi connectivity index (χ4n) is 2.06. The SMILES string of the molecule is CCCCCC(O)C#Cc1ccc(Oc2ccccc2)cc1. The smallest absolute Gasteiger partial charge is 0.127 e. The lowest BCUT2D eigenvalue weighted by Gasteiger charge is -2.05. The predicted molar refractivity (Wildman–Crippen MR) is 90.0 cm³/mol. The van der Waals surface area contributed by atoms with Gasteiger partial charge in [-0.1, -0.05) is 49.8 Å². The molecule has 0 aliphatic rings. The second kappa shape index (κ2) is 8.92. The maximum Gasteiger partial charge on any atom is 0.127 e. The molecule has 1 atom stereocenters. The maximum atomic E-state index is 9.79. The Bertz CT molecular complexity index is 606. The lowest BCUT2D eigenvalue weighted by molar-refractivity contribution is 0.217. The summed E-state index contributed by atoms with van der Waals surface area (Å²) in [7, 11) is 0. The van der Waals surface area contributed by atoms with E-state index >= 15 is 0 Å². The molecule has 2 heteroatoms. The van der Waals surface area contributed by atoms with E-state index in [9.17, 15) is 5.11 Å². The zero-order valence-electron chi connectivity index (χ0n) is 13.0. The molecule has 0 saturated carbocycles. The highest BCUT2D eigenvalue weighted by Crippen LogP contribution is 2.20. The van der Waals surface area contributed by atoms with Crippen molar-refractivity contribution < 1.29 is 9.84 Å². The summed E-state index contributed by atoms with van der Waals surface area (Å²) in [5.41, 5.74) is 0.884. The van der Waals surface area contributed by atoms with Crippen molar-refractivity contribution in [2.75, 3.05) is 0 Å². The molecular weight excluding hydrogens is 272 g/mol. The van der Waals surface area contributed by atoms with Crippen molar-refractivity contribution >= 4 is 0 Å². The van der Waals surface area contributed by atoms with E-state index in [-0.39, 0.29) is 0 Å². The summed E-state index contributed by atoms with van der Waals surface area (Å²) >= 11 is 0. The molecule has 1 N–H and O–H groups in total. The first kappa shape index (κ1) is 16.1. The van der Waals surface area contributed by atoms with Crippen molar-refractivity contribution in [1.29, 1.82) is 0 Å². The molecule has 0 spiro atoms. The number of aliphatic hydroxyl groups excluding tert-OH is 1. The number of rotatable bonds is 6. The topological polar surface area (TPSA) is 29.5 Å². The fourth-order valence-corrected chi connectivity index (χ4v) is 2.06. The van der Waals surface area contributed by atoms with Gasteiger partial charge in [0.25, 0.3) is 0 Å². The van der Waals surface area contributed by atoms with Crippen LogP contribution in [-0.2, 0) is 0 Å². The Hall–Kier alpha value is -2.24. The molecule has 1 unspecified atom stereocenters. The first-order valence-corrected chi connectivity index (χ1v) is 7.80. The van der Waals surface area contributed by atoms with Crippen molar-refractivity contribution in [3.63, 3.8) is 0 Å². The van der Waals surface area contributed by atoms with Crippen LogP contribution < -0.4 is 4.74 Å². The van der Waals surface area contributed by atoms with Gasteiger partial charge in [0.1, 0.15) is 17.6 Å². The molecule has 22 heavy (non-hydrogen) atoms. The van der Waals surface area contributed by atoms with E-state index in [1.807, 2.05) is 54.6 Å². The third-order valence-corrected chi connectivity index (χ3v) is 3.30. The highest BCUT2D eigenvalue weighted by atomic mass is 16.5. The van der Waals surface area contributed by atoms with E-state index in [1.54, 1.807) is 0 Å². The number of hydrogen-bond acceptors (Lipinski definition) is 2. The van der Waals surface area contributed by atoms with Crippen molar-refractivity contribution in [1.82, 2.24) is 0 Å². The van der Waals surface area contributed by atoms with Crippen LogP contribution in [0.5, 0.6) is 11.5 Å². The Morgan fingerprint density at radius 1 is 0.955 bits per heavy atom. The van der Waals surface area contributed by atoms with Crippen LogP contribution in [0.15, 0.2) is 54.6 Å². The first-order chi connectivity index (χ1) is 10.8. The zero-order valence-corrected chi connectivity index (χ0v) is 13.0. The number of unbranched alkanes of at least 4 members (excludes halogenated alkanes) is 2. The molecule has 0 heterocycles. The third kappa shape index (κ3) is 5.63. The van der Waals surface area contributed by atoms with Gasteiger partial charge in [-0.2, -0.15) is 0 Å². The van der Waals surface area contributed by atoms with Gasteiger partial charge in [-0.3, -0.25) is 0 Å².